The van der Waals surface area contributed by atoms with Crippen LogP contribution >= 0.6 is 0 Å². The molecule has 0 aromatic carbocycles. The molecule has 0 amide bonds. The number of nitriles is 1. The highest BCUT2D eigenvalue weighted by Crippen LogP contribution is 2.20. The van der Waals surface area contributed by atoms with Crippen molar-refractivity contribution >= 4 is 5.97 Å². The van der Waals surface area contributed by atoms with Crippen LogP contribution in [0.25, 0.3) is 0 Å². The molecule has 0 aliphatic heterocycles. The summed E-state index contributed by atoms with van der Waals surface area (Å²) < 4.78 is 0. The molecule has 14 heavy (non-hydrogen) atoms. The van der Waals surface area contributed by atoms with Crippen molar-refractivity contribution < 1.29 is 14.6 Å². The molecular weight excluding hydrogens is 182 g/mol. The van der Waals surface area contributed by atoms with Gasteiger partial charge in [-0.25, -0.2) is 4.79 Å². The van der Waals surface area contributed by atoms with Gasteiger partial charge in [0.15, 0.2) is 5.60 Å². The molecular formula is C10H17NO3. The minimum atomic E-state index is -1.03. The van der Waals surface area contributed by atoms with Gasteiger partial charge in [-0.3, -0.25) is 4.89 Å². The van der Waals surface area contributed by atoms with E-state index in [0.717, 1.165) is 6.42 Å². The molecule has 80 valence electrons. The first kappa shape index (κ1) is 12.9. The van der Waals surface area contributed by atoms with Crippen molar-refractivity contribution in [2.75, 3.05) is 0 Å². The van der Waals surface area contributed by atoms with Crippen LogP contribution in [0.15, 0.2) is 0 Å². The lowest BCUT2D eigenvalue weighted by Gasteiger charge is -2.20. The summed E-state index contributed by atoms with van der Waals surface area (Å²) in [4.78, 5) is 19.6. The van der Waals surface area contributed by atoms with Gasteiger partial charge in [0.1, 0.15) is 6.07 Å². The second-order valence-corrected chi connectivity index (χ2v) is 3.93. The number of carbonyl (C=O) groups is 1. The van der Waals surface area contributed by atoms with Crippen LogP contribution in [0, 0.1) is 17.2 Å². The molecule has 1 atom stereocenters. The standard InChI is InChI=1S/C10H17NO3/c1-8(2)5-6-10(4,7-11)14-13-9(3)12/h8H,5-6H2,1-4H3. The SMILES string of the molecule is CC(=O)OOC(C)(C#N)CCC(C)C. The fourth-order valence-corrected chi connectivity index (χ4v) is 0.831. The highest BCUT2D eigenvalue weighted by molar-refractivity contribution is 5.65. The maximum Gasteiger partial charge on any atom is 0.339 e. The smallest absolute Gasteiger partial charge is 0.297 e. The molecule has 0 aliphatic carbocycles. The van der Waals surface area contributed by atoms with Crippen molar-refractivity contribution in [3.63, 3.8) is 0 Å². The topological polar surface area (TPSA) is 59.3 Å². The van der Waals surface area contributed by atoms with E-state index in [1.807, 2.05) is 6.07 Å². The Morgan fingerprint density at radius 1 is 1.57 bits per heavy atom. The van der Waals surface area contributed by atoms with E-state index in [1.54, 1.807) is 6.92 Å². The van der Waals surface area contributed by atoms with Gasteiger partial charge in [-0.1, -0.05) is 13.8 Å². The number of hydrogen-bond acceptors (Lipinski definition) is 4. The maximum absolute atomic E-state index is 10.5. The van der Waals surface area contributed by atoms with Gasteiger partial charge in [-0.05, 0) is 25.7 Å². The third-order valence-electron chi connectivity index (χ3n) is 1.78. The van der Waals surface area contributed by atoms with Crippen LogP contribution in [0.1, 0.15) is 40.5 Å². The first-order valence-electron chi connectivity index (χ1n) is 4.67. The van der Waals surface area contributed by atoms with Crippen LogP contribution in [-0.2, 0) is 14.6 Å². The molecule has 4 heteroatoms. The summed E-state index contributed by atoms with van der Waals surface area (Å²) in [6.07, 6.45) is 1.40. The molecule has 0 aromatic rings. The van der Waals surface area contributed by atoms with Crippen molar-refractivity contribution in [1.82, 2.24) is 0 Å². The molecule has 4 nitrogen and oxygen atoms in total. The van der Waals surface area contributed by atoms with Crippen molar-refractivity contribution in [2.45, 2.75) is 46.1 Å². The average molecular weight is 199 g/mol. The fraction of sp³-hybridized carbons (Fsp3) is 0.800. The minimum absolute atomic E-state index is 0.489. The molecule has 0 heterocycles. The third kappa shape index (κ3) is 5.55. The van der Waals surface area contributed by atoms with E-state index in [9.17, 15) is 4.79 Å². The summed E-state index contributed by atoms with van der Waals surface area (Å²) in [5.74, 6) is -0.0559. The minimum Gasteiger partial charge on any atom is -0.297 e. The zero-order valence-electron chi connectivity index (χ0n) is 9.16. The Hall–Kier alpha value is -1.08. The number of carbonyl (C=O) groups excluding carboxylic acids is 1. The highest BCUT2D eigenvalue weighted by Gasteiger charge is 2.27. The van der Waals surface area contributed by atoms with E-state index in [4.69, 9.17) is 10.1 Å². The largest absolute Gasteiger partial charge is 0.339 e. The predicted octanol–water partition coefficient (Wildman–Crippen LogP) is 2.20. The molecule has 0 N–H and O–H groups in total. The van der Waals surface area contributed by atoms with E-state index in [2.05, 4.69) is 18.7 Å². The first-order valence-corrected chi connectivity index (χ1v) is 4.67. The average Bonchev–Trinajstić information content (AvgIpc) is 2.11. The summed E-state index contributed by atoms with van der Waals surface area (Å²) in [5.41, 5.74) is -1.03. The van der Waals surface area contributed by atoms with Crippen molar-refractivity contribution in [2.24, 2.45) is 5.92 Å². The molecule has 0 spiro atoms. The van der Waals surface area contributed by atoms with Crippen molar-refractivity contribution in [1.29, 1.82) is 5.26 Å². The van der Waals surface area contributed by atoms with Crippen LogP contribution in [-0.4, -0.2) is 11.6 Å². The number of hydrogen-bond donors (Lipinski definition) is 0. The van der Waals surface area contributed by atoms with Gasteiger partial charge in [-0.15, -0.1) is 0 Å². The number of rotatable bonds is 5. The quantitative estimate of drug-likeness (QED) is 0.503. The molecule has 0 saturated heterocycles. The Kier molecular flexibility index (Phi) is 5.18. The monoisotopic (exact) mass is 199 g/mol. The van der Waals surface area contributed by atoms with Gasteiger partial charge < -0.3 is 0 Å². The first-order chi connectivity index (χ1) is 6.39. The zero-order chi connectivity index (χ0) is 11.2. The Labute approximate surface area is 84.7 Å². The van der Waals surface area contributed by atoms with Crippen LogP contribution in [0.4, 0.5) is 0 Å². The van der Waals surface area contributed by atoms with Crippen LogP contribution < -0.4 is 0 Å². The summed E-state index contributed by atoms with van der Waals surface area (Å²) in [5, 5.41) is 8.84. The predicted molar refractivity (Wildman–Crippen MR) is 50.9 cm³/mol. The van der Waals surface area contributed by atoms with Gasteiger partial charge in [-0.2, -0.15) is 10.1 Å². The van der Waals surface area contributed by atoms with Gasteiger partial charge in [0.25, 0.3) is 0 Å². The summed E-state index contributed by atoms with van der Waals surface area (Å²) in [6.45, 7) is 6.96. The third-order valence-corrected chi connectivity index (χ3v) is 1.78. The summed E-state index contributed by atoms with van der Waals surface area (Å²) >= 11 is 0. The molecule has 1 unspecified atom stereocenters. The van der Waals surface area contributed by atoms with E-state index < -0.39 is 11.6 Å². The molecule has 0 rings (SSSR count). The second kappa shape index (κ2) is 5.61. The lowest BCUT2D eigenvalue weighted by Crippen LogP contribution is -2.28. The van der Waals surface area contributed by atoms with Crippen molar-refractivity contribution in [3.05, 3.63) is 0 Å². The summed E-state index contributed by atoms with van der Waals surface area (Å²) in [7, 11) is 0. The second-order valence-electron chi connectivity index (χ2n) is 3.93. The van der Waals surface area contributed by atoms with Crippen LogP contribution in [0.2, 0.25) is 0 Å². The normalized spacial score (nSPS) is 14.6. The van der Waals surface area contributed by atoms with Gasteiger partial charge >= 0.3 is 5.97 Å². The molecule has 0 fully saturated rings. The zero-order valence-corrected chi connectivity index (χ0v) is 9.16. The summed E-state index contributed by atoms with van der Waals surface area (Å²) in [6, 6.07) is 1.99. The Balaban J connectivity index is 4.06. The van der Waals surface area contributed by atoms with E-state index in [0.29, 0.717) is 12.3 Å². The molecule has 0 aliphatic rings. The maximum atomic E-state index is 10.5. The molecule has 0 saturated carbocycles. The molecule has 0 bridgehead atoms. The van der Waals surface area contributed by atoms with E-state index in [-0.39, 0.29) is 0 Å². The van der Waals surface area contributed by atoms with E-state index in [1.165, 1.54) is 6.92 Å². The molecule has 0 radical (unpaired) electrons. The Bertz CT molecular complexity index is 232. The Morgan fingerprint density at radius 2 is 2.14 bits per heavy atom. The van der Waals surface area contributed by atoms with Crippen LogP contribution in [0.5, 0.6) is 0 Å². The molecule has 0 aromatic heterocycles. The van der Waals surface area contributed by atoms with E-state index >= 15 is 0 Å². The van der Waals surface area contributed by atoms with Gasteiger partial charge in [0.2, 0.25) is 0 Å². The highest BCUT2D eigenvalue weighted by atomic mass is 17.2. The van der Waals surface area contributed by atoms with Crippen LogP contribution in [0.3, 0.4) is 0 Å². The lowest BCUT2D eigenvalue weighted by molar-refractivity contribution is -0.314. The lowest BCUT2D eigenvalue weighted by atomic mass is 9.97. The fourth-order valence-electron chi connectivity index (χ4n) is 0.831. The van der Waals surface area contributed by atoms with Crippen molar-refractivity contribution in [3.8, 4) is 6.07 Å². The van der Waals surface area contributed by atoms with Gasteiger partial charge in [0, 0.05) is 6.92 Å². The number of nitrogens with zero attached hydrogens (tertiary/aromatic N) is 1. The Morgan fingerprint density at radius 3 is 2.50 bits per heavy atom. The van der Waals surface area contributed by atoms with Gasteiger partial charge in [0.05, 0.1) is 0 Å².